The van der Waals surface area contributed by atoms with E-state index in [0.717, 1.165) is 48.8 Å². The van der Waals surface area contributed by atoms with Crippen molar-refractivity contribution in [2.75, 3.05) is 32.0 Å². The summed E-state index contributed by atoms with van der Waals surface area (Å²) >= 11 is 0. The number of rotatable bonds is 6. The Bertz CT molecular complexity index is 962. The average molecular weight is 406 g/mol. The van der Waals surface area contributed by atoms with Crippen LogP contribution in [0.15, 0.2) is 18.3 Å². The minimum Gasteiger partial charge on any atom is -0.383 e. The zero-order valence-electron chi connectivity index (χ0n) is 17.5. The summed E-state index contributed by atoms with van der Waals surface area (Å²) in [5.41, 5.74) is 11.1. The molecule has 0 bridgehead atoms. The number of hydrogen-bond donors (Lipinski definition) is 1. The van der Waals surface area contributed by atoms with Crippen molar-refractivity contribution in [2.24, 2.45) is 17.8 Å². The summed E-state index contributed by atoms with van der Waals surface area (Å²) in [7, 11) is 0. The molecule has 3 aliphatic carbocycles. The standard InChI is InChI=1S/C24H31N5O/c25-24-18(15-4-5-15)6-16(8-26-24)21-7-22(29(27-21)9-14-2-1-3-14)23-19-10-28(11-20(19)23)17-12-30-13-17/h6-8,14-15,17,19-20,23H,1-5,9-13H2,(H2,25,26)/t19-,20+,23?. The number of ether oxygens (including phenoxy) is 1. The second-order valence-electron chi connectivity index (χ2n) is 10.4. The maximum atomic E-state index is 6.16. The summed E-state index contributed by atoms with van der Waals surface area (Å²) in [6, 6.07) is 5.31. The van der Waals surface area contributed by atoms with Crippen molar-refractivity contribution in [1.82, 2.24) is 19.7 Å². The topological polar surface area (TPSA) is 69.2 Å². The van der Waals surface area contributed by atoms with Gasteiger partial charge >= 0.3 is 0 Å². The van der Waals surface area contributed by atoms with Crippen LogP contribution in [0.2, 0.25) is 0 Å². The Morgan fingerprint density at radius 1 is 1.07 bits per heavy atom. The van der Waals surface area contributed by atoms with Crippen molar-refractivity contribution in [3.05, 3.63) is 29.6 Å². The first kappa shape index (κ1) is 17.7. The van der Waals surface area contributed by atoms with E-state index in [1.54, 1.807) is 0 Å². The average Bonchev–Trinajstić information content (AvgIpc) is 3.53. The summed E-state index contributed by atoms with van der Waals surface area (Å²) in [5, 5.41) is 5.13. The zero-order chi connectivity index (χ0) is 19.8. The summed E-state index contributed by atoms with van der Waals surface area (Å²) < 4.78 is 7.78. The molecule has 2 aromatic rings. The van der Waals surface area contributed by atoms with Crippen molar-refractivity contribution in [1.29, 1.82) is 0 Å². The smallest absolute Gasteiger partial charge is 0.126 e. The van der Waals surface area contributed by atoms with Crippen LogP contribution in [-0.4, -0.2) is 52.0 Å². The van der Waals surface area contributed by atoms with E-state index in [4.69, 9.17) is 15.6 Å². The van der Waals surface area contributed by atoms with Crippen LogP contribution >= 0.6 is 0 Å². The second-order valence-corrected chi connectivity index (χ2v) is 10.4. The fraction of sp³-hybridized carbons (Fsp3) is 0.667. The van der Waals surface area contributed by atoms with Gasteiger partial charge in [-0.25, -0.2) is 4.98 Å². The Hall–Kier alpha value is -1.92. The van der Waals surface area contributed by atoms with E-state index < -0.39 is 0 Å². The highest BCUT2D eigenvalue weighted by molar-refractivity contribution is 5.63. The summed E-state index contributed by atoms with van der Waals surface area (Å²) in [6.07, 6.45) is 8.50. The number of hydrogen-bond acceptors (Lipinski definition) is 5. The molecule has 3 atom stereocenters. The monoisotopic (exact) mass is 405 g/mol. The Labute approximate surface area is 177 Å². The molecule has 0 spiro atoms. The van der Waals surface area contributed by atoms with Crippen molar-refractivity contribution in [2.45, 2.75) is 56.5 Å². The van der Waals surface area contributed by atoms with Gasteiger partial charge in [0.25, 0.3) is 0 Å². The predicted octanol–water partition coefficient (Wildman–Crippen LogP) is 3.25. The minimum absolute atomic E-state index is 0.609. The fourth-order valence-electron chi connectivity index (χ4n) is 5.99. The van der Waals surface area contributed by atoms with Crippen LogP contribution in [0.5, 0.6) is 0 Å². The van der Waals surface area contributed by atoms with Crippen LogP contribution in [0, 0.1) is 17.8 Å². The van der Waals surface area contributed by atoms with Gasteiger partial charge in [-0.3, -0.25) is 9.58 Å². The first-order valence-electron chi connectivity index (χ1n) is 11.9. The Morgan fingerprint density at radius 2 is 1.87 bits per heavy atom. The first-order valence-corrected chi connectivity index (χ1v) is 11.9. The Balaban J connectivity index is 1.17. The molecule has 5 aliphatic rings. The largest absolute Gasteiger partial charge is 0.383 e. The van der Waals surface area contributed by atoms with E-state index in [2.05, 4.69) is 26.7 Å². The van der Waals surface area contributed by atoms with Crippen LogP contribution < -0.4 is 5.73 Å². The molecule has 1 unspecified atom stereocenters. The normalized spacial score (nSPS) is 31.4. The molecule has 6 heteroatoms. The molecule has 7 rings (SSSR count). The predicted molar refractivity (Wildman–Crippen MR) is 115 cm³/mol. The van der Waals surface area contributed by atoms with Gasteiger partial charge in [0.15, 0.2) is 0 Å². The van der Waals surface area contributed by atoms with E-state index in [1.165, 1.54) is 56.5 Å². The number of nitrogens with zero attached hydrogens (tertiary/aromatic N) is 4. The van der Waals surface area contributed by atoms with Gasteiger partial charge in [0.1, 0.15) is 5.82 Å². The Morgan fingerprint density at radius 3 is 2.50 bits per heavy atom. The van der Waals surface area contributed by atoms with Gasteiger partial charge in [-0.15, -0.1) is 0 Å². The van der Waals surface area contributed by atoms with Crippen molar-refractivity contribution < 1.29 is 4.74 Å². The fourth-order valence-corrected chi connectivity index (χ4v) is 5.99. The SMILES string of the molecule is Nc1ncc(-c2cc(C3[C@H]4CN(C5COC5)C[C@@H]34)n(CC3CCC3)n2)cc1C1CC1. The molecule has 2 saturated heterocycles. The van der Waals surface area contributed by atoms with E-state index in [0.29, 0.717) is 23.7 Å². The molecular formula is C24H31N5O. The Kier molecular flexibility index (Phi) is 3.86. The molecule has 2 N–H and O–H groups in total. The number of aromatic nitrogens is 3. The third-order valence-electron chi connectivity index (χ3n) is 8.43. The van der Waals surface area contributed by atoms with Crippen molar-refractivity contribution in [3.8, 4) is 11.3 Å². The van der Waals surface area contributed by atoms with E-state index in [1.807, 2.05) is 6.20 Å². The minimum atomic E-state index is 0.609. The van der Waals surface area contributed by atoms with Crippen LogP contribution in [0.25, 0.3) is 11.3 Å². The number of anilines is 1. The van der Waals surface area contributed by atoms with Crippen LogP contribution in [0.3, 0.4) is 0 Å². The molecule has 0 aromatic carbocycles. The quantitative estimate of drug-likeness (QED) is 0.799. The molecule has 0 radical (unpaired) electrons. The first-order chi connectivity index (χ1) is 14.7. The molecule has 158 valence electrons. The third kappa shape index (κ3) is 2.83. The van der Waals surface area contributed by atoms with Gasteiger partial charge in [-0.1, -0.05) is 6.42 Å². The van der Waals surface area contributed by atoms with Gasteiger partial charge in [0.05, 0.1) is 24.9 Å². The zero-order valence-corrected chi connectivity index (χ0v) is 17.5. The number of pyridine rings is 1. The summed E-state index contributed by atoms with van der Waals surface area (Å²) in [4.78, 5) is 7.18. The van der Waals surface area contributed by atoms with Gasteiger partial charge in [-0.05, 0) is 67.1 Å². The number of fused-ring (bicyclic) bond motifs is 1. The molecule has 3 saturated carbocycles. The van der Waals surface area contributed by atoms with Gasteiger partial charge in [0.2, 0.25) is 0 Å². The van der Waals surface area contributed by atoms with E-state index >= 15 is 0 Å². The molecule has 5 fully saturated rings. The van der Waals surface area contributed by atoms with E-state index in [-0.39, 0.29) is 0 Å². The maximum Gasteiger partial charge on any atom is 0.126 e. The van der Waals surface area contributed by atoms with Crippen molar-refractivity contribution in [3.63, 3.8) is 0 Å². The van der Waals surface area contributed by atoms with Crippen molar-refractivity contribution >= 4 is 5.82 Å². The lowest BCUT2D eigenvalue weighted by atomic mass is 9.85. The molecule has 0 amide bonds. The lowest BCUT2D eigenvalue weighted by molar-refractivity contribution is -0.0610. The van der Waals surface area contributed by atoms with Crippen LogP contribution in [-0.2, 0) is 11.3 Å². The highest BCUT2D eigenvalue weighted by atomic mass is 16.5. The van der Waals surface area contributed by atoms with E-state index in [9.17, 15) is 0 Å². The van der Waals surface area contributed by atoms with Gasteiger partial charge in [0, 0.05) is 43.0 Å². The molecule has 30 heavy (non-hydrogen) atoms. The number of nitrogen functional groups attached to an aromatic ring is 1. The summed E-state index contributed by atoms with van der Waals surface area (Å²) in [5.74, 6) is 4.42. The molecular weight excluding hydrogens is 374 g/mol. The molecule has 2 aliphatic heterocycles. The highest BCUT2D eigenvalue weighted by Crippen LogP contribution is 2.59. The highest BCUT2D eigenvalue weighted by Gasteiger charge is 2.58. The van der Waals surface area contributed by atoms with Crippen LogP contribution in [0.1, 0.15) is 55.2 Å². The molecule has 6 nitrogen and oxygen atoms in total. The van der Waals surface area contributed by atoms with Gasteiger partial charge in [-0.2, -0.15) is 5.10 Å². The number of piperidine rings is 1. The van der Waals surface area contributed by atoms with Crippen LogP contribution in [0.4, 0.5) is 5.82 Å². The summed E-state index contributed by atoms with van der Waals surface area (Å²) in [6.45, 7) is 5.43. The maximum absolute atomic E-state index is 6.16. The number of likely N-dealkylation sites (tertiary alicyclic amines) is 1. The lowest BCUT2D eigenvalue weighted by Gasteiger charge is -2.36. The third-order valence-corrected chi connectivity index (χ3v) is 8.43. The number of nitrogens with two attached hydrogens (primary N) is 1. The molecule has 2 aromatic heterocycles. The van der Waals surface area contributed by atoms with Gasteiger partial charge < -0.3 is 10.5 Å². The second kappa shape index (κ2) is 6.54. The molecule has 4 heterocycles. The lowest BCUT2D eigenvalue weighted by Crippen LogP contribution is -2.48.